The highest BCUT2D eigenvalue weighted by Crippen LogP contribution is 2.32. The molecule has 0 fully saturated rings. The van der Waals surface area contributed by atoms with Crippen molar-refractivity contribution in [3.63, 3.8) is 0 Å². The molecule has 8 heteroatoms. The maximum atomic E-state index is 12.1. The molecule has 154 valence electrons. The van der Waals surface area contributed by atoms with E-state index in [0.717, 1.165) is 30.0 Å². The number of fused-ring (bicyclic) bond motifs is 1. The highest BCUT2D eigenvalue weighted by molar-refractivity contribution is 5.94. The Morgan fingerprint density at radius 2 is 1.79 bits per heavy atom. The lowest BCUT2D eigenvalue weighted by atomic mass is 10.1. The van der Waals surface area contributed by atoms with Gasteiger partial charge in [0.1, 0.15) is 5.75 Å². The van der Waals surface area contributed by atoms with Crippen LogP contribution in [0.5, 0.6) is 17.2 Å². The van der Waals surface area contributed by atoms with E-state index in [0.29, 0.717) is 31.2 Å². The largest absolute Gasteiger partial charge is 0.508 e. The molecule has 0 atom stereocenters. The highest BCUT2D eigenvalue weighted by atomic mass is 16.7. The van der Waals surface area contributed by atoms with Crippen LogP contribution in [0.15, 0.2) is 47.5 Å². The number of ether oxygens (including phenoxy) is 2. The van der Waals surface area contributed by atoms with Gasteiger partial charge in [-0.15, -0.1) is 0 Å². The number of rotatable bonds is 8. The molecule has 2 aromatic carbocycles. The summed E-state index contributed by atoms with van der Waals surface area (Å²) in [6, 6.07) is 12.1. The average Bonchev–Trinajstić information content (AvgIpc) is 3.19. The van der Waals surface area contributed by atoms with E-state index in [1.807, 2.05) is 25.1 Å². The Balaban J connectivity index is 1.42. The molecule has 0 aliphatic carbocycles. The standard InChI is InChI=1S/C21H26N4O4/c1-2-22-21(24-10-9-15-3-8-18-19(13-15)29-14-28-18)25-12-11-23-20(27)16-4-6-17(26)7-5-16/h3-8,13,26H,2,9-12,14H2,1H3,(H,23,27)(H2,22,24,25). The van der Waals surface area contributed by atoms with Crippen LogP contribution >= 0.6 is 0 Å². The molecule has 0 unspecified atom stereocenters. The van der Waals surface area contributed by atoms with Crippen molar-refractivity contribution in [3.8, 4) is 17.2 Å². The van der Waals surface area contributed by atoms with E-state index in [9.17, 15) is 9.90 Å². The second-order valence-electron chi connectivity index (χ2n) is 6.43. The van der Waals surface area contributed by atoms with Crippen LogP contribution < -0.4 is 25.4 Å². The Kier molecular flexibility index (Phi) is 7.16. The second kappa shape index (κ2) is 10.2. The third-order valence-electron chi connectivity index (χ3n) is 4.28. The van der Waals surface area contributed by atoms with Crippen LogP contribution in [0.25, 0.3) is 0 Å². The van der Waals surface area contributed by atoms with Gasteiger partial charge in [0.05, 0.1) is 0 Å². The van der Waals surface area contributed by atoms with Gasteiger partial charge < -0.3 is 30.5 Å². The minimum atomic E-state index is -0.184. The van der Waals surface area contributed by atoms with E-state index in [2.05, 4.69) is 20.9 Å². The lowest BCUT2D eigenvalue weighted by molar-refractivity contribution is 0.0954. The summed E-state index contributed by atoms with van der Waals surface area (Å²) < 4.78 is 10.7. The maximum Gasteiger partial charge on any atom is 0.251 e. The van der Waals surface area contributed by atoms with E-state index in [1.54, 1.807) is 12.1 Å². The Morgan fingerprint density at radius 1 is 1.03 bits per heavy atom. The van der Waals surface area contributed by atoms with Crippen molar-refractivity contribution in [1.29, 1.82) is 0 Å². The molecule has 29 heavy (non-hydrogen) atoms. The third kappa shape index (κ3) is 6.03. The summed E-state index contributed by atoms with van der Waals surface area (Å²) in [5, 5.41) is 18.5. The summed E-state index contributed by atoms with van der Waals surface area (Å²) in [6.07, 6.45) is 0.783. The van der Waals surface area contributed by atoms with Crippen molar-refractivity contribution in [2.75, 3.05) is 33.0 Å². The first-order valence-electron chi connectivity index (χ1n) is 9.63. The van der Waals surface area contributed by atoms with E-state index in [4.69, 9.17) is 9.47 Å². The first-order valence-corrected chi connectivity index (χ1v) is 9.63. The molecule has 2 aromatic rings. The lowest BCUT2D eigenvalue weighted by Crippen LogP contribution is -2.41. The van der Waals surface area contributed by atoms with Crippen molar-refractivity contribution >= 4 is 11.9 Å². The SMILES string of the molecule is CCNC(=NCCc1ccc2c(c1)OCO2)NCCNC(=O)c1ccc(O)cc1. The number of nitrogens with zero attached hydrogens (tertiary/aromatic N) is 1. The number of phenols is 1. The number of benzene rings is 2. The fourth-order valence-corrected chi connectivity index (χ4v) is 2.81. The number of carbonyl (C=O) groups is 1. The van der Waals surface area contributed by atoms with Gasteiger partial charge in [0.15, 0.2) is 17.5 Å². The zero-order chi connectivity index (χ0) is 20.5. The van der Waals surface area contributed by atoms with E-state index >= 15 is 0 Å². The van der Waals surface area contributed by atoms with Crippen LogP contribution in [0.3, 0.4) is 0 Å². The van der Waals surface area contributed by atoms with Crippen LogP contribution in [0.2, 0.25) is 0 Å². The minimum Gasteiger partial charge on any atom is -0.508 e. The Labute approximate surface area is 169 Å². The molecule has 0 bridgehead atoms. The van der Waals surface area contributed by atoms with Gasteiger partial charge >= 0.3 is 0 Å². The van der Waals surface area contributed by atoms with Crippen LogP contribution in [-0.2, 0) is 6.42 Å². The molecule has 1 heterocycles. The molecule has 0 spiro atoms. The second-order valence-corrected chi connectivity index (χ2v) is 6.43. The molecule has 0 saturated carbocycles. The number of hydrogen-bond donors (Lipinski definition) is 4. The first-order chi connectivity index (χ1) is 14.2. The maximum absolute atomic E-state index is 12.1. The molecule has 1 aliphatic heterocycles. The Hall–Kier alpha value is -3.42. The number of aliphatic imine (C=N–C) groups is 1. The molecule has 8 nitrogen and oxygen atoms in total. The summed E-state index contributed by atoms with van der Waals surface area (Å²) >= 11 is 0. The van der Waals surface area contributed by atoms with Crippen LogP contribution in [-0.4, -0.2) is 49.9 Å². The monoisotopic (exact) mass is 398 g/mol. The summed E-state index contributed by atoms with van der Waals surface area (Å²) in [5.74, 6) is 2.21. The fourth-order valence-electron chi connectivity index (χ4n) is 2.81. The van der Waals surface area contributed by atoms with Gasteiger partial charge in [-0.05, 0) is 55.3 Å². The number of guanidine groups is 1. The van der Waals surface area contributed by atoms with Gasteiger partial charge in [0.25, 0.3) is 5.91 Å². The van der Waals surface area contributed by atoms with Crippen LogP contribution in [0.1, 0.15) is 22.8 Å². The smallest absolute Gasteiger partial charge is 0.251 e. The predicted molar refractivity (Wildman–Crippen MR) is 111 cm³/mol. The molecular formula is C21H26N4O4. The quantitative estimate of drug-likeness (QED) is 0.306. The van der Waals surface area contributed by atoms with Crippen molar-refractivity contribution in [2.45, 2.75) is 13.3 Å². The van der Waals surface area contributed by atoms with Gasteiger partial charge in [-0.3, -0.25) is 9.79 Å². The van der Waals surface area contributed by atoms with E-state index < -0.39 is 0 Å². The number of carbonyl (C=O) groups excluding carboxylic acids is 1. The molecule has 1 amide bonds. The fraction of sp³-hybridized carbons (Fsp3) is 0.333. The average molecular weight is 398 g/mol. The van der Waals surface area contributed by atoms with E-state index in [-0.39, 0.29) is 18.4 Å². The summed E-state index contributed by atoms with van der Waals surface area (Å²) in [5.41, 5.74) is 1.64. The Bertz CT molecular complexity index is 852. The zero-order valence-electron chi connectivity index (χ0n) is 16.4. The molecule has 1 aliphatic rings. The summed E-state index contributed by atoms with van der Waals surface area (Å²) in [7, 11) is 0. The van der Waals surface area contributed by atoms with Crippen LogP contribution in [0, 0.1) is 0 Å². The van der Waals surface area contributed by atoms with Gasteiger partial charge in [0.2, 0.25) is 6.79 Å². The van der Waals surface area contributed by atoms with Gasteiger partial charge in [0, 0.05) is 31.7 Å². The molecule has 4 N–H and O–H groups in total. The molecular weight excluding hydrogens is 372 g/mol. The van der Waals surface area contributed by atoms with Crippen molar-refractivity contribution in [2.24, 2.45) is 4.99 Å². The van der Waals surface area contributed by atoms with Crippen molar-refractivity contribution < 1.29 is 19.4 Å². The minimum absolute atomic E-state index is 0.135. The molecule has 0 radical (unpaired) electrons. The predicted octanol–water partition coefficient (Wildman–Crippen LogP) is 1.65. The number of phenolic OH excluding ortho intramolecular Hbond substituents is 1. The van der Waals surface area contributed by atoms with Gasteiger partial charge in [-0.1, -0.05) is 6.07 Å². The van der Waals surface area contributed by atoms with E-state index in [1.165, 1.54) is 12.1 Å². The van der Waals surface area contributed by atoms with Gasteiger partial charge in [-0.2, -0.15) is 0 Å². The lowest BCUT2D eigenvalue weighted by Gasteiger charge is -2.12. The van der Waals surface area contributed by atoms with Crippen molar-refractivity contribution in [1.82, 2.24) is 16.0 Å². The molecule has 0 aromatic heterocycles. The third-order valence-corrected chi connectivity index (χ3v) is 4.28. The number of hydrogen-bond acceptors (Lipinski definition) is 5. The Morgan fingerprint density at radius 3 is 2.59 bits per heavy atom. The number of aromatic hydroxyl groups is 1. The first kappa shape index (κ1) is 20.3. The topological polar surface area (TPSA) is 104 Å². The zero-order valence-corrected chi connectivity index (χ0v) is 16.4. The summed E-state index contributed by atoms with van der Waals surface area (Å²) in [6.45, 7) is 4.63. The van der Waals surface area contributed by atoms with Crippen molar-refractivity contribution in [3.05, 3.63) is 53.6 Å². The number of amides is 1. The number of nitrogens with one attached hydrogen (secondary N) is 3. The normalized spacial score (nSPS) is 12.5. The van der Waals surface area contributed by atoms with Crippen LogP contribution in [0.4, 0.5) is 0 Å². The molecule has 3 rings (SSSR count). The van der Waals surface area contributed by atoms with Gasteiger partial charge in [-0.25, -0.2) is 0 Å². The highest BCUT2D eigenvalue weighted by Gasteiger charge is 2.12. The molecule has 0 saturated heterocycles. The summed E-state index contributed by atoms with van der Waals surface area (Å²) in [4.78, 5) is 16.6.